The molecule has 0 radical (unpaired) electrons. The molecule has 0 spiro atoms. The fourth-order valence-corrected chi connectivity index (χ4v) is 5.01. The zero-order chi connectivity index (χ0) is 23.6. The van der Waals surface area contributed by atoms with Gasteiger partial charge in [0.2, 0.25) is 5.91 Å². The van der Waals surface area contributed by atoms with E-state index in [9.17, 15) is 14.3 Å². The van der Waals surface area contributed by atoms with Crippen molar-refractivity contribution in [3.05, 3.63) is 64.6 Å². The SMILES string of the molecule is C=CCOCC(O)CN(CCC)CC(=O)N1CCc2sccc2C1COc1cccc(F)c1. The van der Waals surface area contributed by atoms with Gasteiger partial charge in [0.05, 0.1) is 31.9 Å². The van der Waals surface area contributed by atoms with Crippen LogP contribution < -0.4 is 4.74 Å². The molecule has 0 bridgehead atoms. The van der Waals surface area contributed by atoms with Gasteiger partial charge in [-0.1, -0.05) is 19.1 Å². The number of hydrogen-bond acceptors (Lipinski definition) is 6. The van der Waals surface area contributed by atoms with E-state index in [-0.39, 0.29) is 37.5 Å². The first-order chi connectivity index (χ1) is 16.0. The predicted octanol–water partition coefficient (Wildman–Crippen LogP) is 3.67. The highest BCUT2D eigenvalue weighted by Crippen LogP contribution is 2.34. The molecule has 2 atom stereocenters. The number of fused-ring (bicyclic) bond motifs is 1. The van der Waals surface area contributed by atoms with Crippen LogP contribution in [0.5, 0.6) is 5.75 Å². The molecule has 1 aromatic carbocycles. The van der Waals surface area contributed by atoms with E-state index in [2.05, 4.69) is 6.58 Å². The van der Waals surface area contributed by atoms with Crippen molar-refractivity contribution in [3.8, 4) is 5.75 Å². The van der Waals surface area contributed by atoms with E-state index in [0.717, 1.165) is 18.4 Å². The standard InChI is InChI=1S/C25H33FN2O4S/c1-3-10-27(15-20(29)17-31-12-4-2)16-25(30)28-11-8-24-22(9-13-33-24)23(28)18-32-21-7-5-6-19(26)14-21/h4-7,9,13-14,20,23,29H,2-3,8,10-12,15-18H2,1H3. The number of aliphatic hydroxyl groups excluding tert-OH is 1. The Kier molecular flexibility index (Phi) is 9.87. The first kappa shape index (κ1) is 25.4. The molecule has 33 heavy (non-hydrogen) atoms. The summed E-state index contributed by atoms with van der Waals surface area (Å²) in [5.41, 5.74) is 1.09. The van der Waals surface area contributed by atoms with Gasteiger partial charge in [-0.25, -0.2) is 4.39 Å². The van der Waals surface area contributed by atoms with Crippen LogP contribution in [-0.4, -0.2) is 72.9 Å². The second-order valence-corrected chi connectivity index (χ2v) is 9.14. The molecule has 180 valence electrons. The van der Waals surface area contributed by atoms with Crippen LogP contribution in [-0.2, 0) is 16.0 Å². The monoisotopic (exact) mass is 476 g/mol. The summed E-state index contributed by atoms with van der Waals surface area (Å²) in [5, 5.41) is 12.3. The summed E-state index contributed by atoms with van der Waals surface area (Å²) in [7, 11) is 0. The minimum Gasteiger partial charge on any atom is -0.491 e. The predicted molar refractivity (Wildman–Crippen MR) is 128 cm³/mol. The molecule has 3 rings (SSSR count). The molecule has 8 heteroatoms. The Bertz CT molecular complexity index is 906. The normalized spacial score (nSPS) is 16.5. The minimum absolute atomic E-state index is 0.00708. The first-order valence-electron chi connectivity index (χ1n) is 11.3. The van der Waals surface area contributed by atoms with Crippen molar-refractivity contribution < 1.29 is 23.8 Å². The number of thiophene rings is 1. The quantitative estimate of drug-likeness (QED) is 0.353. The van der Waals surface area contributed by atoms with Gasteiger partial charge in [0.1, 0.15) is 18.2 Å². The summed E-state index contributed by atoms with van der Waals surface area (Å²) in [6.45, 7) is 8.36. The minimum atomic E-state index is -0.679. The van der Waals surface area contributed by atoms with Crippen LogP contribution in [0.15, 0.2) is 48.4 Å². The number of aliphatic hydroxyl groups is 1. The molecular formula is C25H33FN2O4S. The van der Waals surface area contributed by atoms with Crippen molar-refractivity contribution in [1.82, 2.24) is 9.80 Å². The second-order valence-electron chi connectivity index (χ2n) is 8.14. The number of amides is 1. The number of hydrogen-bond donors (Lipinski definition) is 1. The molecule has 0 fully saturated rings. The van der Waals surface area contributed by atoms with Gasteiger partial charge in [-0.15, -0.1) is 17.9 Å². The Balaban J connectivity index is 1.67. The number of halogens is 1. The highest BCUT2D eigenvalue weighted by molar-refractivity contribution is 7.10. The zero-order valence-corrected chi connectivity index (χ0v) is 19.9. The van der Waals surface area contributed by atoms with Gasteiger partial charge in [0.15, 0.2) is 0 Å². The van der Waals surface area contributed by atoms with Crippen molar-refractivity contribution in [2.45, 2.75) is 31.9 Å². The topological polar surface area (TPSA) is 62.2 Å². The molecule has 0 saturated carbocycles. The third-order valence-corrected chi connectivity index (χ3v) is 6.53. The van der Waals surface area contributed by atoms with E-state index < -0.39 is 6.10 Å². The van der Waals surface area contributed by atoms with Gasteiger partial charge < -0.3 is 19.5 Å². The van der Waals surface area contributed by atoms with E-state index in [1.165, 1.54) is 17.0 Å². The number of carbonyl (C=O) groups is 1. The summed E-state index contributed by atoms with van der Waals surface area (Å²) in [4.78, 5) is 18.5. The Labute approximate surface area is 199 Å². The van der Waals surface area contributed by atoms with E-state index in [0.29, 0.717) is 32.0 Å². The fraction of sp³-hybridized carbons (Fsp3) is 0.480. The molecule has 1 aromatic heterocycles. The van der Waals surface area contributed by atoms with Crippen LogP contribution >= 0.6 is 11.3 Å². The number of benzene rings is 1. The Morgan fingerprint density at radius 3 is 3.06 bits per heavy atom. The number of carbonyl (C=O) groups excluding carboxylic acids is 1. The Morgan fingerprint density at radius 1 is 1.45 bits per heavy atom. The maximum Gasteiger partial charge on any atom is 0.237 e. The third kappa shape index (κ3) is 7.37. The lowest BCUT2D eigenvalue weighted by atomic mass is 10.0. The Hall–Kier alpha value is -2.26. The van der Waals surface area contributed by atoms with Gasteiger partial charge in [0, 0.05) is 24.0 Å². The van der Waals surface area contributed by atoms with Crippen LogP contribution in [0.25, 0.3) is 0 Å². The smallest absolute Gasteiger partial charge is 0.237 e. The van der Waals surface area contributed by atoms with Crippen molar-refractivity contribution in [3.63, 3.8) is 0 Å². The van der Waals surface area contributed by atoms with Crippen molar-refractivity contribution in [2.24, 2.45) is 0 Å². The average Bonchev–Trinajstić information content (AvgIpc) is 3.27. The van der Waals surface area contributed by atoms with E-state index in [1.54, 1.807) is 29.5 Å². The molecule has 2 aromatic rings. The number of rotatable bonds is 13. The number of nitrogens with zero attached hydrogens (tertiary/aromatic N) is 2. The van der Waals surface area contributed by atoms with Crippen LogP contribution in [0.2, 0.25) is 0 Å². The highest BCUT2D eigenvalue weighted by atomic mass is 32.1. The molecule has 2 unspecified atom stereocenters. The molecule has 0 saturated heterocycles. The Morgan fingerprint density at radius 2 is 2.30 bits per heavy atom. The van der Waals surface area contributed by atoms with Crippen molar-refractivity contribution in [1.29, 1.82) is 0 Å². The molecule has 1 N–H and O–H groups in total. The summed E-state index contributed by atoms with van der Waals surface area (Å²) in [6.07, 6.45) is 2.64. The van der Waals surface area contributed by atoms with Crippen molar-refractivity contribution in [2.75, 3.05) is 46.0 Å². The zero-order valence-electron chi connectivity index (χ0n) is 19.1. The lowest BCUT2D eigenvalue weighted by molar-refractivity contribution is -0.136. The molecule has 1 aliphatic rings. The molecule has 1 aliphatic heterocycles. The summed E-state index contributed by atoms with van der Waals surface area (Å²) in [6, 6.07) is 7.86. The van der Waals surface area contributed by atoms with Gasteiger partial charge in [-0.05, 0) is 48.5 Å². The van der Waals surface area contributed by atoms with Gasteiger partial charge in [-0.2, -0.15) is 0 Å². The van der Waals surface area contributed by atoms with Crippen LogP contribution in [0.1, 0.15) is 29.8 Å². The lowest BCUT2D eigenvalue weighted by Gasteiger charge is -2.37. The molecule has 2 heterocycles. The first-order valence-corrected chi connectivity index (χ1v) is 12.2. The number of ether oxygens (including phenoxy) is 2. The fourth-order valence-electron chi connectivity index (χ4n) is 4.08. The van der Waals surface area contributed by atoms with E-state index in [1.807, 2.05) is 28.2 Å². The van der Waals surface area contributed by atoms with Gasteiger partial charge in [0.25, 0.3) is 0 Å². The van der Waals surface area contributed by atoms with E-state index >= 15 is 0 Å². The maximum absolute atomic E-state index is 13.6. The third-order valence-electron chi connectivity index (χ3n) is 5.53. The van der Waals surface area contributed by atoms with Crippen molar-refractivity contribution >= 4 is 17.2 Å². The molecular weight excluding hydrogens is 443 g/mol. The largest absolute Gasteiger partial charge is 0.491 e. The van der Waals surface area contributed by atoms with E-state index in [4.69, 9.17) is 9.47 Å². The highest BCUT2D eigenvalue weighted by Gasteiger charge is 2.33. The van der Waals surface area contributed by atoms with Crippen LogP contribution in [0.3, 0.4) is 0 Å². The summed E-state index contributed by atoms with van der Waals surface area (Å²) < 4.78 is 24.8. The van der Waals surface area contributed by atoms with Gasteiger partial charge in [-0.3, -0.25) is 9.69 Å². The average molecular weight is 477 g/mol. The van der Waals surface area contributed by atoms with Gasteiger partial charge >= 0.3 is 0 Å². The summed E-state index contributed by atoms with van der Waals surface area (Å²) in [5.74, 6) is 0.0819. The molecule has 6 nitrogen and oxygen atoms in total. The summed E-state index contributed by atoms with van der Waals surface area (Å²) >= 11 is 1.69. The molecule has 1 amide bonds. The lowest BCUT2D eigenvalue weighted by Crippen LogP contribution is -2.48. The van der Waals surface area contributed by atoms with Crippen LogP contribution in [0, 0.1) is 5.82 Å². The second kappa shape index (κ2) is 12.8. The maximum atomic E-state index is 13.6. The van der Waals surface area contributed by atoms with Crippen LogP contribution in [0.4, 0.5) is 4.39 Å². The molecule has 0 aliphatic carbocycles.